The maximum Gasteiger partial charge on any atom is 0.236 e. The molecule has 2 atom stereocenters. The second-order valence-electron chi connectivity index (χ2n) is 5.67. The van der Waals surface area contributed by atoms with Crippen molar-refractivity contribution in [1.82, 2.24) is 10.2 Å². The van der Waals surface area contributed by atoms with Gasteiger partial charge in [-0.1, -0.05) is 29.8 Å². The molecule has 1 aliphatic rings. The number of amides is 2. The molecule has 6 heteroatoms. The number of hydrogen-bond acceptors (Lipinski definition) is 4. The highest BCUT2D eigenvalue weighted by molar-refractivity contribution is 8.01. The molecule has 23 heavy (non-hydrogen) atoms. The van der Waals surface area contributed by atoms with Crippen molar-refractivity contribution >= 4 is 23.6 Å². The maximum absolute atomic E-state index is 12.4. The molecule has 0 spiro atoms. The Kier molecular flexibility index (Phi) is 6.47. The number of rotatable bonds is 7. The molecule has 0 bridgehead atoms. The molecular formula is C17H24N2O3S. The Hall–Kier alpha value is -1.53. The summed E-state index contributed by atoms with van der Waals surface area (Å²) >= 11 is 1.64. The van der Waals surface area contributed by atoms with Gasteiger partial charge in [-0.3, -0.25) is 9.59 Å². The lowest BCUT2D eigenvalue weighted by molar-refractivity contribution is -0.130. The second-order valence-corrected chi connectivity index (χ2v) is 7.09. The van der Waals surface area contributed by atoms with E-state index in [1.165, 1.54) is 5.56 Å². The molecule has 0 radical (unpaired) electrons. The van der Waals surface area contributed by atoms with E-state index in [1.807, 2.05) is 36.9 Å². The summed E-state index contributed by atoms with van der Waals surface area (Å²) in [7, 11) is 1.60. The van der Waals surface area contributed by atoms with Crippen molar-refractivity contribution in [3.8, 4) is 0 Å². The van der Waals surface area contributed by atoms with Crippen LogP contribution in [-0.2, 0) is 14.3 Å². The van der Waals surface area contributed by atoms with E-state index < -0.39 is 0 Å². The topological polar surface area (TPSA) is 58.6 Å². The number of benzene rings is 1. The summed E-state index contributed by atoms with van der Waals surface area (Å²) in [6.07, 6.45) is 0.311. The summed E-state index contributed by atoms with van der Waals surface area (Å²) in [5, 5.41) is 2.71. The molecule has 126 valence electrons. The van der Waals surface area contributed by atoms with Crippen LogP contribution in [0.4, 0.5) is 0 Å². The van der Waals surface area contributed by atoms with Crippen LogP contribution < -0.4 is 5.32 Å². The average Bonchev–Trinajstić information content (AvgIpc) is 2.81. The van der Waals surface area contributed by atoms with Crippen LogP contribution in [0.3, 0.4) is 0 Å². The highest BCUT2D eigenvalue weighted by Gasteiger charge is 2.38. The van der Waals surface area contributed by atoms with Crippen molar-refractivity contribution in [2.45, 2.75) is 30.9 Å². The van der Waals surface area contributed by atoms with Gasteiger partial charge >= 0.3 is 0 Å². The zero-order valence-corrected chi connectivity index (χ0v) is 14.7. The predicted octanol–water partition coefficient (Wildman–Crippen LogP) is 2.11. The third kappa shape index (κ3) is 4.72. The van der Waals surface area contributed by atoms with Gasteiger partial charge in [0, 0.05) is 26.6 Å². The Morgan fingerprint density at radius 3 is 2.91 bits per heavy atom. The zero-order chi connectivity index (χ0) is 16.8. The Balaban J connectivity index is 1.99. The van der Waals surface area contributed by atoms with Gasteiger partial charge in [-0.25, -0.2) is 0 Å². The van der Waals surface area contributed by atoms with Gasteiger partial charge in [0.15, 0.2) is 0 Å². The molecule has 5 nitrogen and oxygen atoms in total. The van der Waals surface area contributed by atoms with Gasteiger partial charge in [-0.15, -0.1) is 11.8 Å². The van der Waals surface area contributed by atoms with Gasteiger partial charge in [0.25, 0.3) is 0 Å². The van der Waals surface area contributed by atoms with Gasteiger partial charge in [0.1, 0.15) is 5.37 Å². The van der Waals surface area contributed by atoms with Crippen LogP contribution in [0.25, 0.3) is 0 Å². The number of nitrogens with one attached hydrogen (secondary N) is 1. The lowest BCUT2D eigenvalue weighted by Crippen LogP contribution is -2.35. The molecule has 0 aromatic heterocycles. The first-order chi connectivity index (χ1) is 11.0. The van der Waals surface area contributed by atoms with E-state index in [9.17, 15) is 9.59 Å². The van der Waals surface area contributed by atoms with Crippen LogP contribution in [0.1, 0.15) is 29.8 Å². The number of carbonyl (C=O) groups is 2. The third-order valence-electron chi connectivity index (χ3n) is 3.78. The van der Waals surface area contributed by atoms with E-state index in [1.54, 1.807) is 18.9 Å². The van der Waals surface area contributed by atoms with Gasteiger partial charge in [-0.05, 0) is 19.4 Å². The third-order valence-corrected chi connectivity index (χ3v) is 5.18. The van der Waals surface area contributed by atoms with Gasteiger partial charge < -0.3 is 15.0 Å². The zero-order valence-electron chi connectivity index (χ0n) is 13.9. The van der Waals surface area contributed by atoms with Crippen molar-refractivity contribution < 1.29 is 14.3 Å². The van der Waals surface area contributed by atoms with Gasteiger partial charge in [0.05, 0.1) is 11.9 Å². The predicted molar refractivity (Wildman–Crippen MR) is 92.2 cm³/mol. The molecule has 1 aromatic rings. The van der Waals surface area contributed by atoms with Crippen LogP contribution >= 0.6 is 11.8 Å². The Morgan fingerprint density at radius 1 is 1.43 bits per heavy atom. The van der Waals surface area contributed by atoms with Gasteiger partial charge in [-0.2, -0.15) is 0 Å². The fourth-order valence-corrected chi connectivity index (χ4v) is 3.89. The fraction of sp³-hybridized carbons (Fsp3) is 0.529. The van der Waals surface area contributed by atoms with E-state index in [2.05, 4.69) is 11.4 Å². The second kappa shape index (κ2) is 8.36. The molecular weight excluding hydrogens is 312 g/mol. The van der Waals surface area contributed by atoms with Crippen LogP contribution in [0.5, 0.6) is 0 Å². The molecule has 2 amide bonds. The first kappa shape index (κ1) is 17.8. The summed E-state index contributed by atoms with van der Waals surface area (Å²) in [6.45, 7) is 5.40. The first-order valence-corrected chi connectivity index (χ1v) is 8.75. The first-order valence-electron chi connectivity index (χ1n) is 7.81. The number of hydrogen-bond donors (Lipinski definition) is 1. The SMILES string of the molecule is COCCNC(=O)CCN1C(=O)C(C)SC1c1cccc(C)c1. The maximum atomic E-state index is 12.4. The summed E-state index contributed by atoms with van der Waals surface area (Å²) < 4.78 is 4.90. The van der Waals surface area contributed by atoms with Gasteiger partial charge in [0.2, 0.25) is 11.8 Å². The van der Waals surface area contributed by atoms with E-state index >= 15 is 0 Å². The molecule has 1 heterocycles. The molecule has 2 rings (SSSR count). The van der Waals surface area contributed by atoms with E-state index in [0.29, 0.717) is 26.1 Å². The standard InChI is InChI=1S/C17H24N2O3S/c1-12-5-4-6-14(11-12)17-19(16(21)13(2)23-17)9-7-15(20)18-8-10-22-3/h4-6,11,13,17H,7-10H2,1-3H3,(H,18,20). The molecule has 1 saturated heterocycles. The minimum absolute atomic E-state index is 0.0100. The molecule has 1 aliphatic heterocycles. The highest BCUT2D eigenvalue weighted by Crippen LogP contribution is 2.42. The van der Waals surface area contributed by atoms with Crippen LogP contribution in [0.2, 0.25) is 0 Å². The molecule has 1 aromatic carbocycles. The normalized spacial score (nSPS) is 20.8. The lowest BCUT2D eigenvalue weighted by atomic mass is 10.1. The number of thioether (sulfide) groups is 1. The quantitative estimate of drug-likeness (QED) is 0.775. The lowest BCUT2D eigenvalue weighted by Gasteiger charge is -2.24. The summed E-state index contributed by atoms with van der Waals surface area (Å²) in [6, 6.07) is 8.20. The van der Waals surface area contributed by atoms with E-state index in [4.69, 9.17) is 4.74 Å². The molecule has 0 aliphatic carbocycles. The Morgan fingerprint density at radius 2 is 2.22 bits per heavy atom. The van der Waals surface area contributed by atoms with E-state index in [-0.39, 0.29) is 22.4 Å². The Bertz CT molecular complexity index is 565. The summed E-state index contributed by atoms with van der Waals surface area (Å²) in [5.41, 5.74) is 2.29. The minimum Gasteiger partial charge on any atom is -0.383 e. The number of aryl methyl sites for hydroxylation is 1. The number of nitrogens with zero attached hydrogens (tertiary/aromatic N) is 1. The Labute approximate surface area is 141 Å². The van der Waals surface area contributed by atoms with Crippen molar-refractivity contribution in [3.63, 3.8) is 0 Å². The minimum atomic E-state index is -0.0722. The number of ether oxygens (including phenoxy) is 1. The smallest absolute Gasteiger partial charge is 0.236 e. The molecule has 0 saturated carbocycles. The van der Waals surface area contributed by atoms with Crippen LogP contribution in [-0.4, -0.2) is 48.8 Å². The molecule has 1 N–H and O–H groups in total. The van der Waals surface area contributed by atoms with Crippen molar-refractivity contribution in [3.05, 3.63) is 35.4 Å². The van der Waals surface area contributed by atoms with Crippen LogP contribution in [0, 0.1) is 6.92 Å². The average molecular weight is 336 g/mol. The number of carbonyl (C=O) groups excluding carboxylic acids is 2. The monoisotopic (exact) mass is 336 g/mol. The highest BCUT2D eigenvalue weighted by atomic mass is 32.2. The van der Waals surface area contributed by atoms with Crippen molar-refractivity contribution in [2.75, 3.05) is 26.8 Å². The van der Waals surface area contributed by atoms with Crippen molar-refractivity contribution in [1.29, 1.82) is 0 Å². The van der Waals surface area contributed by atoms with Crippen LogP contribution in [0.15, 0.2) is 24.3 Å². The van der Waals surface area contributed by atoms with Crippen molar-refractivity contribution in [2.24, 2.45) is 0 Å². The largest absolute Gasteiger partial charge is 0.383 e. The summed E-state index contributed by atoms with van der Waals surface area (Å²) in [4.78, 5) is 26.1. The van der Waals surface area contributed by atoms with E-state index in [0.717, 1.165) is 5.56 Å². The fourth-order valence-electron chi connectivity index (χ4n) is 2.59. The molecule has 2 unspecified atom stereocenters. The number of methoxy groups -OCH3 is 1. The molecule has 1 fully saturated rings. The summed E-state index contributed by atoms with van der Waals surface area (Å²) in [5.74, 6) is 0.0496.